The Hall–Kier alpha value is -1.79. The van der Waals surface area contributed by atoms with Crippen LogP contribution in [0.3, 0.4) is 0 Å². The topological polar surface area (TPSA) is 64.2 Å². The predicted octanol–water partition coefficient (Wildman–Crippen LogP) is 5.02. The molecule has 4 amide bonds. The summed E-state index contributed by atoms with van der Waals surface area (Å²) in [6, 6.07) is 0.0185. The van der Waals surface area contributed by atoms with E-state index in [4.69, 9.17) is 0 Å². The summed E-state index contributed by atoms with van der Waals surface area (Å²) in [6.07, 6.45) is 1.25. The predicted molar refractivity (Wildman–Crippen MR) is 131 cm³/mol. The van der Waals surface area contributed by atoms with Gasteiger partial charge in [-0.2, -0.15) is 0 Å². The van der Waals surface area contributed by atoms with Crippen LogP contribution in [0.1, 0.15) is 71.2 Å². The van der Waals surface area contributed by atoms with Crippen LogP contribution < -0.4 is 0 Å². The summed E-state index contributed by atoms with van der Waals surface area (Å²) in [6.45, 7) is 7.31. The standard InChI is InChI=1S/C5H12N2O.2C4H9NO.C3H8.5CH4/c1-6(2)5(8)7(3)4;2*1-4(6)5(2)3;1-3-2;;;;;/h1-4H3;2*1-3H3;3H2,1-2H3;5*1H4. The van der Waals surface area contributed by atoms with Gasteiger partial charge in [0.15, 0.2) is 0 Å². The van der Waals surface area contributed by atoms with Crippen molar-refractivity contribution in [1.29, 1.82) is 0 Å². The van der Waals surface area contributed by atoms with Crippen molar-refractivity contribution < 1.29 is 14.4 Å². The lowest BCUT2D eigenvalue weighted by Gasteiger charge is -2.16. The lowest BCUT2D eigenvalue weighted by atomic mass is 10.6. The number of amides is 4. The molecule has 0 aromatic carbocycles. The number of hydrogen-bond donors (Lipinski definition) is 0. The maximum absolute atomic E-state index is 10.7. The van der Waals surface area contributed by atoms with Crippen molar-refractivity contribution in [2.75, 3.05) is 56.4 Å². The number of urea groups is 1. The van der Waals surface area contributed by atoms with E-state index in [9.17, 15) is 14.4 Å². The fourth-order valence-corrected chi connectivity index (χ4v) is 0.400. The monoisotopic (exact) mass is 414 g/mol. The molecule has 0 aromatic heterocycles. The van der Waals surface area contributed by atoms with Gasteiger partial charge >= 0.3 is 6.03 Å². The highest BCUT2D eigenvalue weighted by Crippen LogP contribution is 1.83. The van der Waals surface area contributed by atoms with Crippen molar-refractivity contribution in [3.8, 4) is 0 Å². The van der Waals surface area contributed by atoms with Gasteiger partial charge in [0, 0.05) is 70.2 Å². The molecule has 0 atom stereocenters. The van der Waals surface area contributed by atoms with Crippen LogP contribution in [0.15, 0.2) is 0 Å². The first-order valence-electron chi connectivity index (χ1n) is 7.50. The van der Waals surface area contributed by atoms with Crippen molar-refractivity contribution in [1.82, 2.24) is 19.6 Å². The largest absolute Gasteiger partial charge is 0.349 e. The van der Waals surface area contributed by atoms with Crippen LogP contribution in [0.2, 0.25) is 0 Å². The maximum Gasteiger partial charge on any atom is 0.318 e. The van der Waals surface area contributed by atoms with Crippen molar-refractivity contribution in [2.24, 2.45) is 0 Å². The Balaban J connectivity index is -0.0000000240. The fraction of sp³-hybridized carbons (Fsp3) is 0.857. The molecular weight excluding hydrogens is 356 g/mol. The van der Waals surface area contributed by atoms with Crippen LogP contribution in [-0.4, -0.2) is 93.8 Å². The number of nitrogens with zero attached hydrogens (tertiary/aromatic N) is 4. The normalized spacial score (nSPS) is 6.43. The number of hydrogen-bond acceptors (Lipinski definition) is 3. The lowest BCUT2D eigenvalue weighted by Crippen LogP contribution is -2.33. The number of carbonyl (C=O) groups is 3. The first-order valence-corrected chi connectivity index (χ1v) is 7.50. The van der Waals surface area contributed by atoms with E-state index in [1.165, 1.54) is 39.9 Å². The van der Waals surface area contributed by atoms with Gasteiger partial charge in [-0.25, -0.2) is 4.79 Å². The SMILES string of the molecule is C.C.C.C.C.CC(=O)N(C)C.CC(=O)N(C)C.CCC.CN(C)C(=O)N(C)C. The Labute approximate surface area is 180 Å². The van der Waals surface area contributed by atoms with Gasteiger partial charge in [0.25, 0.3) is 0 Å². The average Bonchev–Trinajstić information content (AvgIpc) is 2.39. The lowest BCUT2D eigenvalue weighted by molar-refractivity contribution is -0.127. The summed E-state index contributed by atoms with van der Waals surface area (Å²) in [5, 5.41) is 0. The summed E-state index contributed by atoms with van der Waals surface area (Å²) < 4.78 is 0. The Morgan fingerprint density at radius 1 is 0.500 bits per heavy atom. The van der Waals surface area contributed by atoms with Gasteiger partial charge in [0.2, 0.25) is 11.8 Å². The van der Waals surface area contributed by atoms with Gasteiger partial charge in [0.1, 0.15) is 0 Å². The van der Waals surface area contributed by atoms with Gasteiger partial charge in [-0.05, 0) is 0 Å². The Bertz CT molecular complexity index is 289. The molecule has 0 bridgehead atoms. The van der Waals surface area contributed by atoms with Crippen molar-refractivity contribution >= 4 is 17.8 Å². The molecule has 0 saturated carbocycles. The molecule has 0 fully saturated rings. The van der Waals surface area contributed by atoms with Crippen LogP contribution in [0, 0.1) is 0 Å². The van der Waals surface area contributed by atoms with E-state index in [1.807, 2.05) is 0 Å². The van der Waals surface area contributed by atoms with E-state index in [0.717, 1.165) is 0 Å². The van der Waals surface area contributed by atoms with Gasteiger partial charge < -0.3 is 19.6 Å². The third-order valence-electron chi connectivity index (χ3n) is 2.02. The minimum Gasteiger partial charge on any atom is -0.349 e. The smallest absolute Gasteiger partial charge is 0.318 e. The number of rotatable bonds is 0. The van der Waals surface area contributed by atoms with E-state index >= 15 is 0 Å². The third-order valence-corrected chi connectivity index (χ3v) is 2.02. The van der Waals surface area contributed by atoms with E-state index in [0.29, 0.717) is 0 Å². The highest BCUT2D eigenvalue weighted by atomic mass is 16.2. The molecule has 28 heavy (non-hydrogen) atoms. The molecule has 0 unspecified atom stereocenters. The molecule has 0 rings (SSSR count). The molecule has 0 N–H and O–H groups in total. The quantitative estimate of drug-likeness (QED) is 0.559. The second kappa shape index (κ2) is 36.2. The van der Waals surface area contributed by atoms with Crippen LogP contribution in [0.25, 0.3) is 0 Å². The number of carbonyl (C=O) groups excluding carboxylic acids is 3. The highest BCUT2D eigenvalue weighted by Gasteiger charge is 2.02. The first-order chi connectivity index (χ1) is 10.3. The highest BCUT2D eigenvalue weighted by molar-refractivity contribution is 5.73. The van der Waals surface area contributed by atoms with Gasteiger partial charge in [0.05, 0.1) is 0 Å². The molecule has 0 aliphatic heterocycles. The molecule has 0 spiro atoms. The minimum absolute atomic E-state index is 0. The van der Waals surface area contributed by atoms with Crippen molar-refractivity contribution in [3.05, 3.63) is 0 Å². The van der Waals surface area contributed by atoms with E-state index in [2.05, 4.69) is 13.8 Å². The summed E-state index contributed by atoms with van der Waals surface area (Å²) >= 11 is 0. The molecule has 0 aliphatic carbocycles. The Morgan fingerprint density at radius 2 is 0.607 bits per heavy atom. The van der Waals surface area contributed by atoms with E-state index in [-0.39, 0.29) is 55.0 Å². The van der Waals surface area contributed by atoms with Crippen LogP contribution in [-0.2, 0) is 9.59 Å². The summed E-state index contributed by atoms with van der Waals surface area (Å²) in [7, 11) is 13.8. The zero-order valence-electron chi connectivity index (χ0n) is 17.2. The molecule has 0 aliphatic rings. The zero-order chi connectivity index (χ0) is 19.7. The summed E-state index contributed by atoms with van der Waals surface area (Å²) in [5.74, 6) is 0.185. The fourth-order valence-electron chi connectivity index (χ4n) is 0.400. The summed E-state index contributed by atoms with van der Waals surface area (Å²) in [5.41, 5.74) is 0. The minimum atomic E-state index is 0. The second-order valence-electron chi connectivity index (χ2n) is 5.61. The molecule has 0 aromatic rings. The molecule has 7 heteroatoms. The average molecular weight is 415 g/mol. The van der Waals surface area contributed by atoms with E-state index < -0.39 is 0 Å². The van der Waals surface area contributed by atoms with Crippen molar-refractivity contribution in [2.45, 2.75) is 71.2 Å². The van der Waals surface area contributed by atoms with Crippen LogP contribution in [0.5, 0.6) is 0 Å². The molecule has 0 radical (unpaired) electrons. The zero-order valence-corrected chi connectivity index (χ0v) is 17.2. The summed E-state index contributed by atoms with van der Waals surface area (Å²) in [4.78, 5) is 36.9. The van der Waals surface area contributed by atoms with Crippen LogP contribution >= 0.6 is 0 Å². The Morgan fingerprint density at radius 3 is 0.607 bits per heavy atom. The second-order valence-corrected chi connectivity index (χ2v) is 5.61. The van der Waals surface area contributed by atoms with Crippen molar-refractivity contribution in [3.63, 3.8) is 0 Å². The third kappa shape index (κ3) is 64.6. The van der Waals surface area contributed by atoms with Gasteiger partial charge in [-0.1, -0.05) is 57.4 Å². The molecule has 7 nitrogen and oxygen atoms in total. The van der Waals surface area contributed by atoms with Gasteiger partial charge in [-0.15, -0.1) is 0 Å². The molecule has 0 saturated heterocycles. The molecular formula is C21H58N4O3. The Kier molecular flexibility index (Phi) is 72.7. The molecule has 180 valence electrons. The first kappa shape index (κ1) is 56.2. The molecule has 0 heterocycles. The maximum atomic E-state index is 10.7. The van der Waals surface area contributed by atoms with Gasteiger partial charge in [-0.3, -0.25) is 9.59 Å². The van der Waals surface area contributed by atoms with E-state index in [1.54, 1.807) is 56.4 Å². The van der Waals surface area contributed by atoms with Crippen LogP contribution in [0.4, 0.5) is 4.79 Å².